The third kappa shape index (κ3) is 1.97. The van der Waals surface area contributed by atoms with Crippen molar-refractivity contribution < 1.29 is 9.53 Å². The molecule has 2 aliphatic rings. The fourth-order valence-corrected chi connectivity index (χ4v) is 3.89. The van der Waals surface area contributed by atoms with Gasteiger partial charge < -0.3 is 4.74 Å². The molecule has 4 atom stereocenters. The number of hydrogen-bond donors (Lipinski definition) is 0. The molecule has 13 heavy (non-hydrogen) atoms. The summed E-state index contributed by atoms with van der Waals surface area (Å²) in [7, 11) is -2.16. The quantitative estimate of drug-likeness (QED) is 0.497. The van der Waals surface area contributed by atoms with E-state index >= 15 is 0 Å². The summed E-state index contributed by atoms with van der Waals surface area (Å²) in [5.74, 6) is 0.655. The van der Waals surface area contributed by atoms with Crippen LogP contribution in [0.4, 0.5) is 0 Å². The molecule has 2 rings (SSSR count). The maximum atomic E-state index is 11.9. The largest absolute Gasteiger partial charge is 0.370 e. The second-order valence-electron chi connectivity index (χ2n) is 5.18. The van der Waals surface area contributed by atoms with Crippen molar-refractivity contribution in [3.05, 3.63) is 0 Å². The summed E-state index contributed by atoms with van der Waals surface area (Å²) in [4.78, 5) is 11.9. The fourth-order valence-electron chi connectivity index (χ4n) is 2.46. The van der Waals surface area contributed by atoms with E-state index in [1.165, 1.54) is 12.8 Å². The smallest absolute Gasteiger partial charge is 0.234 e. The lowest BCUT2D eigenvalue weighted by Crippen LogP contribution is -2.35. The van der Waals surface area contributed by atoms with Crippen LogP contribution in [0.15, 0.2) is 0 Å². The summed E-state index contributed by atoms with van der Waals surface area (Å²) < 4.78 is 5.48. The lowest BCUT2D eigenvalue weighted by Gasteiger charge is -2.31. The predicted octanol–water partition coefficient (Wildman–Crippen LogP) is 2.58. The van der Waals surface area contributed by atoms with Crippen LogP contribution in [0.5, 0.6) is 0 Å². The van der Waals surface area contributed by atoms with Crippen molar-refractivity contribution in [3.63, 3.8) is 0 Å². The molecule has 2 nitrogen and oxygen atoms in total. The van der Waals surface area contributed by atoms with Gasteiger partial charge in [-0.25, -0.2) is 0 Å². The number of hydrogen-bond acceptors (Lipinski definition) is 1. The van der Waals surface area contributed by atoms with Crippen LogP contribution in [0.1, 0.15) is 26.2 Å². The van der Waals surface area contributed by atoms with Crippen LogP contribution in [0.3, 0.4) is 0 Å². The zero-order valence-corrected chi connectivity index (χ0v) is 9.75. The molecule has 1 aliphatic heterocycles. The number of rotatable bonds is 2. The molecule has 0 N–H and O–H groups in total. The molecule has 0 aromatic rings. The minimum absolute atomic E-state index is 0.414. The first-order valence-electron chi connectivity index (χ1n) is 5.34. The SMILES string of the molecule is CC(C1CCC2OC2C1)[Si](C)(C)[O]. The Hall–Kier alpha value is 0.137. The van der Waals surface area contributed by atoms with Gasteiger partial charge in [-0.3, -0.25) is 4.80 Å². The normalized spacial score (nSPS) is 41.1. The molecule has 1 heterocycles. The zero-order chi connectivity index (χ0) is 9.64. The Morgan fingerprint density at radius 3 is 2.54 bits per heavy atom. The topological polar surface area (TPSA) is 32.4 Å². The third-order valence-electron chi connectivity index (χ3n) is 3.85. The van der Waals surface area contributed by atoms with Crippen molar-refractivity contribution in [3.8, 4) is 0 Å². The number of fused-ring (bicyclic) bond motifs is 1. The summed E-state index contributed by atoms with van der Waals surface area (Å²) in [6, 6.07) is 0. The first kappa shape index (κ1) is 9.68. The summed E-state index contributed by atoms with van der Waals surface area (Å²) >= 11 is 0. The highest BCUT2D eigenvalue weighted by atomic mass is 28.4. The van der Waals surface area contributed by atoms with Crippen LogP contribution >= 0.6 is 0 Å². The Kier molecular flexibility index (Phi) is 2.29. The van der Waals surface area contributed by atoms with Gasteiger partial charge in [-0.2, -0.15) is 0 Å². The van der Waals surface area contributed by atoms with Gasteiger partial charge in [0.25, 0.3) is 0 Å². The molecule has 0 amide bonds. The van der Waals surface area contributed by atoms with E-state index in [-0.39, 0.29) is 0 Å². The van der Waals surface area contributed by atoms with E-state index in [1.807, 2.05) is 13.1 Å². The summed E-state index contributed by atoms with van der Waals surface area (Å²) in [6.07, 6.45) is 4.67. The summed E-state index contributed by atoms with van der Waals surface area (Å²) in [5.41, 5.74) is 0.414. The van der Waals surface area contributed by atoms with Gasteiger partial charge in [0.15, 0.2) is 0 Å². The Labute approximate surface area is 81.4 Å². The minimum Gasteiger partial charge on any atom is -0.370 e. The standard InChI is InChI=1S/C10H19O2Si/c1-7(13(2,3)11)8-4-5-9-10(6-8)12-9/h7-10H,4-6H2,1-3H3. The van der Waals surface area contributed by atoms with Crippen molar-refractivity contribution in [2.45, 2.75) is 57.0 Å². The van der Waals surface area contributed by atoms with Gasteiger partial charge >= 0.3 is 0 Å². The van der Waals surface area contributed by atoms with E-state index in [4.69, 9.17) is 4.74 Å². The van der Waals surface area contributed by atoms with Crippen LogP contribution in [-0.4, -0.2) is 20.5 Å². The zero-order valence-electron chi connectivity index (χ0n) is 8.75. The summed E-state index contributed by atoms with van der Waals surface area (Å²) in [6.45, 7) is 6.04. The second kappa shape index (κ2) is 3.07. The molecule has 4 unspecified atom stereocenters. The predicted molar refractivity (Wildman–Crippen MR) is 53.6 cm³/mol. The second-order valence-corrected chi connectivity index (χ2v) is 9.30. The van der Waals surface area contributed by atoms with Crippen molar-refractivity contribution in [2.75, 3.05) is 0 Å². The van der Waals surface area contributed by atoms with Crippen LogP contribution in [-0.2, 0) is 9.53 Å². The van der Waals surface area contributed by atoms with E-state index in [1.54, 1.807) is 0 Å². The van der Waals surface area contributed by atoms with Gasteiger partial charge in [-0.05, 0) is 43.8 Å². The molecule has 2 fully saturated rings. The molecule has 0 bridgehead atoms. The highest BCUT2D eigenvalue weighted by Crippen LogP contribution is 2.45. The maximum absolute atomic E-state index is 11.9. The first-order chi connectivity index (χ1) is 5.98. The monoisotopic (exact) mass is 199 g/mol. The molecule has 1 saturated heterocycles. The first-order valence-corrected chi connectivity index (χ1v) is 8.33. The van der Waals surface area contributed by atoms with E-state index < -0.39 is 8.32 Å². The molecular weight excluding hydrogens is 180 g/mol. The Balaban J connectivity index is 1.92. The molecule has 3 heteroatoms. The van der Waals surface area contributed by atoms with Crippen molar-refractivity contribution in [1.82, 2.24) is 0 Å². The summed E-state index contributed by atoms with van der Waals surface area (Å²) in [5, 5.41) is 0. The molecule has 1 aliphatic carbocycles. The number of epoxide rings is 1. The number of ether oxygens (including phenoxy) is 1. The van der Waals surface area contributed by atoms with Gasteiger partial charge in [-0.1, -0.05) is 6.92 Å². The highest BCUT2D eigenvalue weighted by molar-refractivity contribution is 6.71. The van der Waals surface area contributed by atoms with Crippen LogP contribution < -0.4 is 0 Å². The van der Waals surface area contributed by atoms with Crippen LogP contribution in [0.25, 0.3) is 0 Å². The molecule has 0 spiro atoms. The van der Waals surface area contributed by atoms with Gasteiger partial charge in [0.1, 0.15) is 0 Å². The van der Waals surface area contributed by atoms with E-state index in [0.717, 1.165) is 6.42 Å². The Bertz CT molecular complexity index is 200. The average Bonchev–Trinajstić information content (AvgIpc) is 2.78. The third-order valence-corrected chi connectivity index (χ3v) is 6.51. The molecule has 75 valence electrons. The van der Waals surface area contributed by atoms with Gasteiger partial charge in [0, 0.05) is 0 Å². The Morgan fingerprint density at radius 1 is 1.31 bits per heavy atom. The van der Waals surface area contributed by atoms with Crippen molar-refractivity contribution in [1.29, 1.82) is 0 Å². The Morgan fingerprint density at radius 2 is 2.00 bits per heavy atom. The van der Waals surface area contributed by atoms with Crippen LogP contribution in [0.2, 0.25) is 18.6 Å². The molecular formula is C10H19O2Si. The lowest BCUT2D eigenvalue weighted by molar-refractivity contribution is 0.325. The average molecular weight is 199 g/mol. The molecule has 0 aromatic heterocycles. The van der Waals surface area contributed by atoms with Gasteiger partial charge in [-0.15, -0.1) is 0 Å². The van der Waals surface area contributed by atoms with Gasteiger partial charge in [0.2, 0.25) is 8.32 Å². The molecule has 1 saturated carbocycles. The fraction of sp³-hybridized carbons (Fsp3) is 1.00. The van der Waals surface area contributed by atoms with Crippen molar-refractivity contribution in [2.24, 2.45) is 5.92 Å². The highest BCUT2D eigenvalue weighted by Gasteiger charge is 2.47. The van der Waals surface area contributed by atoms with Crippen molar-refractivity contribution >= 4 is 8.32 Å². The van der Waals surface area contributed by atoms with Crippen LogP contribution in [0, 0.1) is 5.92 Å². The van der Waals surface area contributed by atoms with E-state index in [0.29, 0.717) is 23.7 Å². The molecule has 1 radical (unpaired) electrons. The maximum Gasteiger partial charge on any atom is 0.234 e. The minimum atomic E-state index is -2.16. The van der Waals surface area contributed by atoms with E-state index in [2.05, 4.69) is 6.92 Å². The molecule has 0 aromatic carbocycles. The van der Waals surface area contributed by atoms with Gasteiger partial charge in [0.05, 0.1) is 12.2 Å². The van der Waals surface area contributed by atoms with E-state index in [9.17, 15) is 4.80 Å². The lowest BCUT2D eigenvalue weighted by atomic mass is 9.87.